The van der Waals surface area contributed by atoms with Crippen molar-refractivity contribution in [3.05, 3.63) is 0 Å². The summed E-state index contributed by atoms with van der Waals surface area (Å²) < 4.78 is 7.70. The quantitative estimate of drug-likeness (QED) is 0.603. The van der Waals surface area contributed by atoms with Crippen LogP contribution in [0.1, 0.15) is 26.7 Å². The van der Waals surface area contributed by atoms with Crippen molar-refractivity contribution in [2.45, 2.75) is 44.8 Å². The third-order valence-electron chi connectivity index (χ3n) is 2.96. The molecule has 11 heavy (non-hydrogen) atoms. The molecule has 0 aromatic rings. The highest BCUT2D eigenvalue weighted by molar-refractivity contribution is 4.93. The van der Waals surface area contributed by atoms with Crippen molar-refractivity contribution in [1.82, 2.24) is 10.2 Å². The lowest BCUT2D eigenvalue weighted by molar-refractivity contribution is 0.0490. The van der Waals surface area contributed by atoms with Crippen molar-refractivity contribution in [1.29, 1.82) is 0 Å². The van der Waals surface area contributed by atoms with E-state index in [1.807, 2.05) is 0 Å². The maximum atomic E-state index is 7.70. The predicted octanol–water partition coefficient (Wildman–Crippen LogP) is 0.831. The third-order valence-corrected chi connectivity index (χ3v) is 2.96. The zero-order chi connectivity index (χ0) is 8.72. The molecule has 2 heteroatoms. The summed E-state index contributed by atoms with van der Waals surface area (Å²) in [6, 6.07) is 1.83. The van der Waals surface area contributed by atoms with Crippen LogP contribution in [0.5, 0.6) is 0 Å². The van der Waals surface area contributed by atoms with Crippen LogP contribution in [0, 0.1) is 0 Å². The van der Waals surface area contributed by atoms with Crippen LogP contribution in [0.25, 0.3) is 0 Å². The SMILES string of the molecule is [2H]N1CC2CCC1CN2C(C)C. The molecule has 0 aromatic heterocycles. The van der Waals surface area contributed by atoms with Gasteiger partial charge in [0.15, 0.2) is 0 Å². The summed E-state index contributed by atoms with van der Waals surface area (Å²) in [5.41, 5.74) is 0. The summed E-state index contributed by atoms with van der Waals surface area (Å²) in [5.74, 6) is 0. The molecule has 2 bridgehead atoms. The fraction of sp³-hybridized carbons (Fsp3) is 1.00. The highest BCUT2D eigenvalue weighted by Crippen LogP contribution is 2.23. The van der Waals surface area contributed by atoms with Crippen molar-refractivity contribution in [2.24, 2.45) is 0 Å². The van der Waals surface area contributed by atoms with Crippen molar-refractivity contribution in [3.8, 4) is 0 Å². The molecule has 0 aliphatic carbocycles. The number of piperazine rings is 1. The summed E-state index contributed by atoms with van der Waals surface area (Å²) in [6.45, 7) is 6.60. The molecule has 3 aliphatic heterocycles. The van der Waals surface area contributed by atoms with Gasteiger partial charge in [0.1, 0.15) is 1.41 Å². The molecule has 3 rings (SSSR count). The molecule has 2 nitrogen and oxygen atoms in total. The maximum absolute atomic E-state index is 7.70. The Morgan fingerprint density at radius 3 is 2.82 bits per heavy atom. The van der Waals surface area contributed by atoms with E-state index in [1.165, 1.54) is 12.8 Å². The first kappa shape index (κ1) is 6.44. The van der Waals surface area contributed by atoms with Crippen molar-refractivity contribution in [2.75, 3.05) is 13.1 Å². The molecule has 1 N–H and O–H groups in total. The zero-order valence-electron chi connectivity index (χ0n) is 8.45. The van der Waals surface area contributed by atoms with E-state index in [4.69, 9.17) is 1.41 Å². The fourth-order valence-corrected chi connectivity index (χ4v) is 2.28. The molecule has 3 heterocycles. The van der Waals surface area contributed by atoms with Crippen LogP contribution >= 0.6 is 0 Å². The van der Waals surface area contributed by atoms with E-state index in [0.29, 0.717) is 18.1 Å². The second-order valence-corrected chi connectivity index (χ2v) is 4.04. The first-order valence-corrected chi connectivity index (χ1v) is 4.69. The number of hydrogen-bond donors (Lipinski definition) is 1. The molecule has 3 aliphatic rings. The van der Waals surface area contributed by atoms with Crippen molar-refractivity contribution in [3.63, 3.8) is 0 Å². The monoisotopic (exact) mass is 155 g/mol. The van der Waals surface area contributed by atoms with Gasteiger partial charge in [-0.1, -0.05) is 0 Å². The van der Waals surface area contributed by atoms with Gasteiger partial charge >= 0.3 is 0 Å². The molecule has 0 aromatic carbocycles. The molecule has 3 fully saturated rings. The van der Waals surface area contributed by atoms with Gasteiger partial charge in [0, 0.05) is 31.2 Å². The van der Waals surface area contributed by atoms with Gasteiger partial charge in [-0.15, -0.1) is 0 Å². The lowest BCUT2D eigenvalue weighted by Crippen LogP contribution is -2.62. The molecule has 0 saturated carbocycles. The van der Waals surface area contributed by atoms with Gasteiger partial charge < -0.3 is 5.31 Å². The maximum Gasteiger partial charge on any atom is 0.123 e. The summed E-state index contributed by atoms with van der Waals surface area (Å²) in [4.78, 5) is 2.55. The summed E-state index contributed by atoms with van der Waals surface area (Å²) in [5, 5.41) is 1.78. The number of fused-ring (bicyclic) bond motifs is 3. The Morgan fingerprint density at radius 2 is 2.36 bits per heavy atom. The minimum Gasteiger partial charge on any atom is -0.311 e. The Bertz CT molecular complexity index is 172. The molecule has 3 saturated heterocycles. The van der Waals surface area contributed by atoms with Crippen LogP contribution in [-0.2, 0) is 0 Å². The van der Waals surface area contributed by atoms with E-state index in [2.05, 4.69) is 18.7 Å². The van der Waals surface area contributed by atoms with E-state index in [9.17, 15) is 0 Å². The van der Waals surface area contributed by atoms with Gasteiger partial charge in [-0.2, -0.15) is 0 Å². The van der Waals surface area contributed by atoms with E-state index < -0.39 is 0 Å². The number of nitrogens with one attached hydrogen (secondary N) is 1. The topological polar surface area (TPSA) is 15.3 Å². The van der Waals surface area contributed by atoms with Gasteiger partial charge in [0.2, 0.25) is 0 Å². The molecular weight excluding hydrogens is 136 g/mol. The minimum absolute atomic E-state index is 0.511. The smallest absolute Gasteiger partial charge is 0.123 e. The van der Waals surface area contributed by atoms with Crippen LogP contribution in [-0.4, -0.2) is 36.1 Å². The van der Waals surface area contributed by atoms with Gasteiger partial charge in [0.25, 0.3) is 0 Å². The predicted molar refractivity (Wildman–Crippen MR) is 46.7 cm³/mol. The highest BCUT2D eigenvalue weighted by Gasteiger charge is 2.34. The largest absolute Gasteiger partial charge is 0.311 e. The Labute approximate surface area is 70.4 Å². The molecular formula is C9H18N2. The minimum atomic E-state index is 0.511. The first-order valence-electron chi connectivity index (χ1n) is 5.14. The summed E-state index contributed by atoms with van der Waals surface area (Å²) >= 11 is 0. The average Bonchev–Trinajstić information content (AvgIpc) is 2.04. The van der Waals surface area contributed by atoms with Gasteiger partial charge in [0.05, 0.1) is 0 Å². The van der Waals surface area contributed by atoms with E-state index >= 15 is 0 Å². The first-order chi connectivity index (χ1) is 5.68. The molecule has 2 unspecified atom stereocenters. The van der Waals surface area contributed by atoms with E-state index in [1.54, 1.807) is 5.31 Å². The highest BCUT2D eigenvalue weighted by atomic mass is 15.3. The number of hydrogen-bond acceptors (Lipinski definition) is 2. The van der Waals surface area contributed by atoms with Crippen LogP contribution in [0.15, 0.2) is 0 Å². The summed E-state index contributed by atoms with van der Waals surface area (Å²) in [7, 11) is 0. The van der Waals surface area contributed by atoms with Crippen molar-refractivity contribution >= 4 is 0 Å². The van der Waals surface area contributed by atoms with Gasteiger partial charge in [-0.05, 0) is 26.7 Å². The lowest BCUT2D eigenvalue weighted by Gasteiger charge is -2.47. The number of nitrogens with zero attached hydrogens (tertiary/aromatic N) is 1. The molecule has 2 atom stereocenters. The second kappa shape index (κ2) is 2.76. The third kappa shape index (κ3) is 1.30. The Balaban J connectivity index is 2.05. The van der Waals surface area contributed by atoms with E-state index in [-0.39, 0.29) is 0 Å². The van der Waals surface area contributed by atoms with E-state index in [0.717, 1.165) is 13.1 Å². The van der Waals surface area contributed by atoms with Crippen LogP contribution in [0.3, 0.4) is 0 Å². The fourth-order valence-electron chi connectivity index (χ4n) is 2.28. The normalized spacial score (nSPS) is 41.5. The van der Waals surface area contributed by atoms with Gasteiger partial charge in [-0.3, -0.25) is 4.90 Å². The van der Waals surface area contributed by atoms with Crippen molar-refractivity contribution < 1.29 is 1.41 Å². The van der Waals surface area contributed by atoms with Crippen LogP contribution in [0.4, 0.5) is 0 Å². The average molecular weight is 155 g/mol. The number of piperidine rings is 2. The van der Waals surface area contributed by atoms with Crippen LogP contribution < -0.4 is 5.31 Å². The molecule has 0 amide bonds. The molecule has 0 radical (unpaired) electrons. The summed E-state index contributed by atoms with van der Waals surface area (Å²) in [6.07, 6.45) is 2.54. The lowest BCUT2D eigenvalue weighted by atomic mass is 9.92. The Kier molecular flexibility index (Phi) is 1.61. The molecule has 64 valence electrons. The van der Waals surface area contributed by atoms with Crippen LogP contribution in [0.2, 0.25) is 1.41 Å². The van der Waals surface area contributed by atoms with Gasteiger partial charge in [-0.25, -0.2) is 0 Å². The standard InChI is InChI=1S/C9H18N2/c1-7(2)11-6-8-3-4-9(11)5-10-8/h7-10H,3-6H2,1-2H3/i/hD. The second-order valence-electron chi connectivity index (χ2n) is 4.04. The zero-order valence-corrected chi connectivity index (χ0v) is 7.45. The number of rotatable bonds is 1. The Morgan fingerprint density at radius 1 is 1.55 bits per heavy atom. The molecule has 0 spiro atoms. The Hall–Kier alpha value is -0.0800.